The number of benzene rings is 1. The molecule has 1 aliphatic heterocycles. The molecule has 0 saturated carbocycles. The molecule has 0 aromatic heterocycles. The van der Waals surface area contributed by atoms with Gasteiger partial charge in [0.15, 0.2) is 0 Å². The molecule has 1 aromatic carbocycles. The molecule has 1 heterocycles. The van der Waals surface area contributed by atoms with Gasteiger partial charge in [0.25, 0.3) is 5.69 Å². The van der Waals surface area contributed by atoms with Crippen LogP contribution in [0.15, 0.2) is 18.2 Å². The Labute approximate surface area is 160 Å². The van der Waals surface area contributed by atoms with Crippen LogP contribution in [0.5, 0.6) is 0 Å². The van der Waals surface area contributed by atoms with Crippen molar-refractivity contribution in [1.82, 2.24) is 10.2 Å². The van der Waals surface area contributed by atoms with Crippen LogP contribution in [-0.4, -0.2) is 47.4 Å². The molecule has 152 valence electrons. The van der Waals surface area contributed by atoms with E-state index in [0.29, 0.717) is 19.2 Å². The highest BCUT2D eigenvalue weighted by atomic mass is 35.5. The fourth-order valence-electron chi connectivity index (χ4n) is 2.86. The summed E-state index contributed by atoms with van der Waals surface area (Å²) in [5.74, 6) is -0.104. The first-order valence-corrected chi connectivity index (χ1v) is 8.23. The van der Waals surface area contributed by atoms with Crippen LogP contribution in [0.1, 0.15) is 25.8 Å². The number of hydrogen-bond donors (Lipinski definition) is 2. The topological polar surface area (TPSA) is 87.5 Å². The maximum Gasteiger partial charge on any atom is 0.416 e. The van der Waals surface area contributed by atoms with Crippen LogP contribution in [0.2, 0.25) is 0 Å². The van der Waals surface area contributed by atoms with E-state index in [1.54, 1.807) is 4.90 Å². The standard InChI is InChI=1S/C16H21F3N4O3.ClH/c1-10-11(2)22(8-7-20-10)15(24)5-6-21-13-4-3-12(16(17,18)19)9-14(13)23(25)26;/h3-4,9-11,20-21H,5-8H2,1-2H3;1H. The fourth-order valence-corrected chi connectivity index (χ4v) is 2.86. The van der Waals surface area contributed by atoms with E-state index in [-0.39, 0.29) is 49.1 Å². The summed E-state index contributed by atoms with van der Waals surface area (Å²) in [7, 11) is 0. The number of nitro benzene ring substituents is 1. The molecule has 0 aliphatic carbocycles. The number of rotatable bonds is 5. The molecule has 2 rings (SSSR count). The first kappa shape index (κ1) is 23.0. The third-order valence-electron chi connectivity index (χ3n) is 4.53. The van der Waals surface area contributed by atoms with E-state index in [9.17, 15) is 28.1 Å². The summed E-state index contributed by atoms with van der Waals surface area (Å²) in [5.41, 5.74) is -1.80. The van der Waals surface area contributed by atoms with Gasteiger partial charge in [0.1, 0.15) is 5.69 Å². The number of halogens is 4. The molecule has 1 aliphatic rings. The zero-order valence-corrected chi connectivity index (χ0v) is 15.7. The summed E-state index contributed by atoms with van der Waals surface area (Å²) in [6.07, 6.45) is -4.57. The largest absolute Gasteiger partial charge is 0.416 e. The lowest BCUT2D eigenvalue weighted by molar-refractivity contribution is -0.384. The van der Waals surface area contributed by atoms with Crippen molar-refractivity contribution in [2.24, 2.45) is 0 Å². The lowest BCUT2D eigenvalue weighted by Gasteiger charge is -2.38. The summed E-state index contributed by atoms with van der Waals surface area (Å²) in [6, 6.07) is 2.47. The highest BCUT2D eigenvalue weighted by Crippen LogP contribution is 2.34. The summed E-state index contributed by atoms with van der Waals surface area (Å²) in [6.45, 7) is 5.27. The number of nitro groups is 1. The van der Waals surface area contributed by atoms with Gasteiger partial charge in [0, 0.05) is 44.2 Å². The first-order valence-electron chi connectivity index (χ1n) is 8.23. The lowest BCUT2D eigenvalue weighted by atomic mass is 10.1. The Kier molecular flexibility index (Phi) is 7.85. The summed E-state index contributed by atoms with van der Waals surface area (Å²) in [5, 5.41) is 17.0. The number of anilines is 1. The van der Waals surface area contributed by atoms with Crippen LogP contribution in [0, 0.1) is 10.1 Å². The van der Waals surface area contributed by atoms with Crippen LogP contribution in [0.3, 0.4) is 0 Å². The van der Waals surface area contributed by atoms with Crippen LogP contribution in [-0.2, 0) is 11.0 Å². The Morgan fingerprint density at radius 2 is 2.07 bits per heavy atom. The molecule has 0 radical (unpaired) electrons. The van der Waals surface area contributed by atoms with E-state index in [0.717, 1.165) is 12.1 Å². The number of piperazine rings is 1. The summed E-state index contributed by atoms with van der Waals surface area (Å²) < 4.78 is 38.1. The minimum atomic E-state index is -4.66. The lowest BCUT2D eigenvalue weighted by Crippen LogP contribution is -2.57. The van der Waals surface area contributed by atoms with Crippen molar-refractivity contribution in [3.63, 3.8) is 0 Å². The number of nitrogens with zero attached hydrogens (tertiary/aromatic N) is 2. The molecule has 1 aromatic rings. The predicted octanol–water partition coefficient (Wildman–Crippen LogP) is 3.05. The van der Waals surface area contributed by atoms with Gasteiger partial charge in [-0.3, -0.25) is 14.9 Å². The number of nitrogens with one attached hydrogen (secondary N) is 2. The van der Waals surface area contributed by atoms with Crippen LogP contribution < -0.4 is 10.6 Å². The summed E-state index contributed by atoms with van der Waals surface area (Å²) >= 11 is 0. The second kappa shape index (κ2) is 9.23. The molecule has 7 nitrogen and oxygen atoms in total. The van der Waals surface area contributed by atoms with Gasteiger partial charge in [0.2, 0.25) is 5.91 Å². The number of carbonyl (C=O) groups excluding carboxylic acids is 1. The molecular weight excluding hydrogens is 389 g/mol. The Morgan fingerprint density at radius 3 is 2.67 bits per heavy atom. The second-order valence-electron chi connectivity index (χ2n) is 6.23. The minimum absolute atomic E-state index is 0. The van der Waals surface area contributed by atoms with E-state index in [4.69, 9.17) is 0 Å². The van der Waals surface area contributed by atoms with Gasteiger partial charge in [-0.2, -0.15) is 13.2 Å². The molecule has 2 atom stereocenters. The number of carbonyl (C=O) groups is 1. The molecule has 27 heavy (non-hydrogen) atoms. The van der Waals surface area contributed by atoms with E-state index in [1.165, 1.54) is 0 Å². The normalized spacial score (nSPS) is 20.0. The third kappa shape index (κ3) is 5.70. The van der Waals surface area contributed by atoms with E-state index in [1.807, 2.05) is 13.8 Å². The Bertz CT molecular complexity index is 687. The average molecular weight is 411 g/mol. The Hall–Kier alpha value is -2.07. The second-order valence-corrected chi connectivity index (χ2v) is 6.23. The summed E-state index contributed by atoms with van der Waals surface area (Å²) in [4.78, 5) is 24.2. The molecule has 1 saturated heterocycles. The molecule has 1 amide bonds. The Morgan fingerprint density at radius 1 is 1.41 bits per heavy atom. The fraction of sp³-hybridized carbons (Fsp3) is 0.562. The first-order chi connectivity index (χ1) is 12.1. The molecule has 0 spiro atoms. The average Bonchev–Trinajstić information content (AvgIpc) is 2.56. The highest BCUT2D eigenvalue weighted by molar-refractivity contribution is 5.85. The molecular formula is C16H22ClF3N4O3. The monoisotopic (exact) mass is 410 g/mol. The minimum Gasteiger partial charge on any atom is -0.379 e. The maximum absolute atomic E-state index is 12.7. The molecule has 1 fully saturated rings. The zero-order valence-electron chi connectivity index (χ0n) is 14.9. The highest BCUT2D eigenvalue weighted by Gasteiger charge is 2.33. The number of hydrogen-bond acceptors (Lipinski definition) is 5. The molecule has 11 heteroatoms. The van der Waals surface area contributed by atoms with Gasteiger partial charge in [-0.05, 0) is 26.0 Å². The van der Waals surface area contributed by atoms with Crippen molar-refractivity contribution in [2.75, 3.05) is 25.0 Å². The number of alkyl halides is 3. The molecule has 2 unspecified atom stereocenters. The van der Waals surface area contributed by atoms with Crippen LogP contribution >= 0.6 is 12.4 Å². The van der Waals surface area contributed by atoms with Crippen molar-refractivity contribution in [3.8, 4) is 0 Å². The van der Waals surface area contributed by atoms with Crippen molar-refractivity contribution >= 4 is 29.7 Å². The maximum atomic E-state index is 12.7. The SMILES string of the molecule is CC1NCCN(C(=O)CCNc2ccc(C(F)(F)F)cc2[N+](=O)[O-])C1C.Cl. The molecule has 0 bridgehead atoms. The van der Waals surface area contributed by atoms with E-state index >= 15 is 0 Å². The predicted molar refractivity (Wildman–Crippen MR) is 97.1 cm³/mol. The van der Waals surface area contributed by atoms with Gasteiger partial charge < -0.3 is 15.5 Å². The van der Waals surface area contributed by atoms with E-state index < -0.39 is 22.4 Å². The van der Waals surface area contributed by atoms with Crippen molar-refractivity contribution in [2.45, 2.75) is 38.5 Å². The number of amides is 1. The quantitative estimate of drug-likeness (QED) is 0.575. The van der Waals surface area contributed by atoms with Gasteiger partial charge >= 0.3 is 6.18 Å². The van der Waals surface area contributed by atoms with Crippen molar-refractivity contribution in [1.29, 1.82) is 0 Å². The Balaban J connectivity index is 0.00000364. The van der Waals surface area contributed by atoms with Crippen molar-refractivity contribution < 1.29 is 22.9 Å². The van der Waals surface area contributed by atoms with Gasteiger partial charge in [-0.15, -0.1) is 12.4 Å². The van der Waals surface area contributed by atoms with Crippen molar-refractivity contribution in [3.05, 3.63) is 33.9 Å². The van der Waals surface area contributed by atoms with E-state index in [2.05, 4.69) is 10.6 Å². The third-order valence-corrected chi connectivity index (χ3v) is 4.53. The van der Waals surface area contributed by atoms with Crippen LogP contribution in [0.25, 0.3) is 0 Å². The zero-order chi connectivity index (χ0) is 19.5. The van der Waals surface area contributed by atoms with Crippen LogP contribution in [0.4, 0.5) is 24.5 Å². The van der Waals surface area contributed by atoms with Gasteiger partial charge in [-0.25, -0.2) is 0 Å². The van der Waals surface area contributed by atoms with Gasteiger partial charge in [-0.1, -0.05) is 0 Å². The molecule has 2 N–H and O–H groups in total. The smallest absolute Gasteiger partial charge is 0.379 e. The van der Waals surface area contributed by atoms with Gasteiger partial charge in [0.05, 0.1) is 10.5 Å².